The molecule has 164 valence electrons. The van der Waals surface area contributed by atoms with Crippen LogP contribution in [-0.2, 0) is 32.0 Å². The molecule has 0 radical (unpaired) electrons. The zero-order valence-corrected chi connectivity index (χ0v) is 17.4. The molecule has 1 aliphatic heterocycles. The smallest absolute Gasteiger partial charge is 0.410 e. The summed E-state index contributed by atoms with van der Waals surface area (Å²) >= 11 is 0. The number of carbonyl (C=O) groups is 3. The summed E-state index contributed by atoms with van der Waals surface area (Å²) in [4.78, 5) is 39.9. The lowest BCUT2D eigenvalue weighted by molar-refractivity contribution is -0.151. The number of nitrogens with zero attached hydrogens (tertiary/aromatic N) is 2. The van der Waals surface area contributed by atoms with Crippen molar-refractivity contribution in [1.82, 2.24) is 9.80 Å². The van der Waals surface area contributed by atoms with Crippen molar-refractivity contribution in [3.05, 3.63) is 71.8 Å². The lowest BCUT2D eigenvalue weighted by atomic mass is 10.1. The van der Waals surface area contributed by atoms with Gasteiger partial charge in [-0.15, -0.1) is 0 Å². The molecule has 1 heterocycles. The number of rotatable bonds is 6. The van der Waals surface area contributed by atoms with Crippen molar-refractivity contribution in [1.29, 1.82) is 0 Å². The van der Waals surface area contributed by atoms with Gasteiger partial charge in [0.1, 0.15) is 6.61 Å². The van der Waals surface area contributed by atoms with E-state index in [9.17, 15) is 14.4 Å². The first kappa shape index (κ1) is 22.1. The van der Waals surface area contributed by atoms with Crippen LogP contribution in [0.25, 0.3) is 0 Å². The molecular weight excluding hydrogens is 400 g/mol. The molecule has 2 aromatic carbocycles. The first-order valence-corrected chi connectivity index (χ1v) is 10.1. The molecule has 0 N–H and O–H groups in total. The molecule has 31 heavy (non-hydrogen) atoms. The molecule has 2 amide bonds. The maximum absolute atomic E-state index is 12.6. The summed E-state index contributed by atoms with van der Waals surface area (Å²) in [5, 5.41) is 0. The molecule has 0 aliphatic carbocycles. The van der Waals surface area contributed by atoms with E-state index in [2.05, 4.69) is 0 Å². The fraction of sp³-hybridized carbons (Fsp3) is 0.348. The van der Waals surface area contributed by atoms with E-state index >= 15 is 0 Å². The minimum absolute atomic E-state index is 0.197. The zero-order chi connectivity index (χ0) is 22.1. The average Bonchev–Trinajstić information content (AvgIpc) is 2.83. The second-order valence-corrected chi connectivity index (χ2v) is 7.10. The largest absolute Gasteiger partial charge is 0.466 e. The van der Waals surface area contributed by atoms with Gasteiger partial charge in [-0.1, -0.05) is 60.7 Å². The lowest BCUT2D eigenvalue weighted by Crippen LogP contribution is -2.51. The Morgan fingerprint density at radius 1 is 0.806 bits per heavy atom. The van der Waals surface area contributed by atoms with E-state index in [1.807, 2.05) is 60.7 Å². The van der Waals surface area contributed by atoms with E-state index in [4.69, 9.17) is 14.2 Å². The molecule has 8 nitrogen and oxygen atoms in total. The van der Waals surface area contributed by atoms with E-state index in [1.165, 1.54) is 12.0 Å². The molecule has 0 aromatic heterocycles. The van der Waals surface area contributed by atoms with Crippen molar-refractivity contribution in [2.75, 3.05) is 33.3 Å². The Morgan fingerprint density at radius 3 is 1.87 bits per heavy atom. The van der Waals surface area contributed by atoms with Crippen molar-refractivity contribution in [3.8, 4) is 0 Å². The molecular formula is C23H26N2O6. The SMILES string of the molecule is COC(=O)C(Cc1ccccc1)OC(=O)N1CCN(C(=O)OCc2ccccc2)CC1. The molecule has 0 saturated carbocycles. The molecule has 1 fully saturated rings. The second-order valence-electron chi connectivity index (χ2n) is 7.10. The van der Waals surface area contributed by atoms with Gasteiger partial charge in [0.25, 0.3) is 0 Å². The highest BCUT2D eigenvalue weighted by Gasteiger charge is 2.30. The molecule has 2 aromatic rings. The van der Waals surface area contributed by atoms with Crippen LogP contribution in [0, 0.1) is 0 Å². The Balaban J connectivity index is 1.48. The molecule has 8 heteroatoms. The number of benzene rings is 2. The summed E-state index contributed by atoms with van der Waals surface area (Å²) in [6, 6.07) is 18.7. The van der Waals surface area contributed by atoms with Crippen molar-refractivity contribution >= 4 is 18.2 Å². The Bertz CT molecular complexity index is 866. The van der Waals surface area contributed by atoms with E-state index in [1.54, 1.807) is 4.90 Å². The topological polar surface area (TPSA) is 85.4 Å². The Hall–Kier alpha value is -3.55. The van der Waals surface area contributed by atoms with Crippen LogP contribution in [0.3, 0.4) is 0 Å². The van der Waals surface area contributed by atoms with Gasteiger partial charge in [-0.05, 0) is 11.1 Å². The number of methoxy groups -OCH3 is 1. The van der Waals surface area contributed by atoms with Gasteiger partial charge in [0.05, 0.1) is 7.11 Å². The van der Waals surface area contributed by atoms with Gasteiger partial charge in [0, 0.05) is 32.6 Å². The number of hydrogen-bond acceptors (Lipinski definition) is 6. The Kier molecular flexibility index (Phi) is 7.86. The minimum atomic E-state index is -1.03. The third-order valence-corrected chi connectivity index (χ3v) is 4.97. The van der Waals surface area contributed by atoms with Crippen LogP contribution in [0.5, 0.6) is 0 Å². The zero-order valence-electron chi connectivity index (χ0n) is 17.4. The van der Waals surface area contributed by atoms with Crippen LogP contribution in [0.2, 0.25) is 0 Å². The van der Waals surface area contributed by atoms with Crippen molar-refractivity contribution in [2.45, 2.75) is 19.1 Å². The fourth-order valence-corrected chi connectivity index (χ4v) is 3.21. The summed E-state index contributed by atoms with van der Waals surface area (Å²) in [7, 11) is 1.26. The van der Waals surface area contributed by atoms with E-state index < -0.39 is 24.3 Å². The monoisotopic (exact) mass is 426 g/mol. The van der Waals surface area contributed by atoms with Gasteiger partial charge >= 0.3 is 18.2 Å². The van der Waals surface area contributed by atoms with Gasteiger partial charge < -0.3 is 24.0 Å². The molecule has 0 spiro atoms. The number of amides is 2. The van der Waals surface area contributed by atoms with Crippen LogP contribution in [0.1, 0.15) is 11.1 Å². The number of esters is 1. The summed E-state index contributed by atoms with van der Waals surface area (Å²) in [5.74, 6) is -0.611. The fourth-order valence-electron chi connectivity index (χ4n) is 3.21. The maximum Gasteiger partial charge on any atom is 0.410 e. The maximum atomic E-state index is 12.6. The van der Waals surface area contributed by atoms with Crippen molar-refractivity contribution in [3.63, 3.8) is 0 Å². The standard InChI is InChI=1S/C23H26N2O6/c1-29-21(26)20(16-18-8-4-2-5-9-18)31-23(28)25-14-12-24(13-15-25)22(27)30-17-19-10-6-3-7-11-19/h2-11,20H,12-17H2,1H3. The quantitative estimate of drug-likeness (QED) is 0.522. The van der Waals surface area contributed by atoms with E-state index in [0.29, 0.717) is 26.2 Å². The minimum Gasteiger partial charge on any atom is -0.466 e. The van der Waals surface area contributed by atoms with Gasteiger partial charge in [-0.2, -0.15) is 0 Å². The van der Waals surface area contributed by atoms with Gasteiger partial charge in [0.15, 0.2) is 0 Å². The number of carbonyl (C=O) groups excluding carboxylic acids is 3. The first-order chi connectivity index (χ1) is 15.1. The van der Waals surface area contributed by atoms with Crippen molar-refractivity contribution in [2.24, 2.45) is 0 Å². The number of piperazine rings is 1. The third-order valence-electron chi connectivity index (χ3n) is 4.97. The Morgan fingerprint density at radius 2 is 1.32 bits per heavy atom. The van der Waals surface area contributed by atoms with Crippen LogP contribution in [0.4, 0.5) is 9.59 Å². The second kappa shape index (κ2) is 11.0. The Labute approximate surface area is 181 Å². The summed E-state index contributed by atoms with van der Waals surface area (Å²) < 4.78 is 15.5. The highest BCUT2D eigenvalue weighted by molar-refractivity contribution is 5.79. The third kappa shape index (κ3) is 6.47. The molecule has 1 atom stereocenters. The summed E-state index contributed by atoms with van der Waals surface area (Å²) in [6.45, 7) is 1.42. The molecule has 3 rings (SSSR count). The van der Waals surface area contributed by atoms with Crippen LogP contribution < -0.4 is 0 Å². The predicted octanol–water partition coefficient (Wildman–Crippen LogP) is 2.86. The average molecular weight is 426 g/mol. The van der Waals surface area contributed by atoms with Gasteiger partial charge in [-0.25, -0.2) is 14.4 Å². The summed E-state index contributed by atoms with van der Waals surface area (Å²) in [6.07, 6.45) is -1.84. The van der Waals surface area contributed by atoms with Crippen molar-refractivity contribution < 1.29 is 28.6 Å². The summed E-state index contributed by atoms with van der Waals surface area (Å²) in [5.41, 5.74) is 1.77. The molecule has 0 bridgehead atoms. The van der Waals surface area contributed by atoms with Gasteiger partial charge in [0.2, 0.25) is 6.10 Å². The molecule has 1 unspecified atom stereocenters. The molecule has 1 saturated heterocycles. The normalized spacial score (nSPS) is 14.5. The number of hydrogen-bond donors (Lipinski definition) is 0. The lowest BCUT2D eigenvalue weighted by Gasteiger charge is -2.34. The highest BCUT2D eigenvalue weighted by atomic mass is 16.6. The van der Waals surface area contributed by atoms with Crippen LogP contribution in [-0.4, -0.2) is 67.3 Å². The highest BCUT2D eigenvalue weighted by Crippen LogP contribution is 2.12. The number of ether oxygens (including phenoxy) is 3. The predicted molar refractivity (Wildman–Crippen MR) is 112 cm³/mol. The first-order valence-electron chi connectivity index (χ1n) is 10.1. The van der Waals surface area contributed by atoms with Crippen LogP contribution >= 0.6 is 0 Å². The van der Waals surface area contributed by atoms with E-state index in [-0.39, 0.29) is 13.0 Å². The van der Waals surface area contributed by atoms with E-state index in [0.717, 1.165) is 11.1 Å². The molecule has 1 aliphatic rings. The van der Waals surface area contributed by atoms with Crippen LogP contribution in [0.15, 0.2) is 60.7 Å². The van der Waals surface area contributed by atoms with Gasteiger partial charge in [-0.3, -0.25) is 0 Å².